The van der Waals surface area contributed by atoms with Crippen LogP contribution in [0.25, 0.3) is 11.4 Å². The normalized spacial score (nSPS) is 10.6. The molecule has 1 N–H and O–H groups in total. The summed E-state index contributed by atoms with van der Waals surface area (Å²) in [4.78, 5) is 11.6. The lowest BCUT2D eigenvalue weighted by Gasteiger charge is -2.21. The Bertz CT molecular complexity index is 585. The van der Waals surface area contributed by atoms with Gasteiger partial charge in [-0.1, -0.05) is 30.3 Å². The lowest BCUT2D eigenvalue weighted by molar-refractivity contribution is 0.198. The minimum atomic E-state index is 0.743. The Morgan fingerprint density at radius 1 is 1.09 bits per heavy atom. The highest BCUT2D eigenvalue weighted by Gasteiger charge is 2.10. The van der Waals surface area contributed by atoms with E-state index in [1.807, 2.05) is 36.4 Å². The van der Waals surface area contributed by atoms with Crippen molar-refractivity contribution in [2.45, 2.75) is 20.3 Å². The molecule has 0 aliphatic heterocycles. The molecule has 0 aliphatic carbocycles. The number of methoxy groups -OCH3 is 1. The van der Waals surface area contributed by atoms with Gasteiger partial charge in [0.05, 0.1) is 0 Å². The predicted molar refractivity (Wildman–Crippen MR) is 96.0 cm³/mol. The first kappa shape index (κ1) is 17.2. The first-order chi connectivity index (χ1) is 11.3. The maximum absolute atomic E-state index is 5.09. The summed E-state index contributed by atoms with van der Waals surface area (Å²) >= 11 is 0. The lowest BCUT2D eigenvalue weighted by atomic mass is 10.2. The van der Waals surface area contributed by atoms with E-state index in [9.17, 15) is 0 Å². The van der Waals surface area contributed by atoms with Gasteiger partial charge in [-0.15, -0.1) is 0 Å². The Morgan fingerprint density at radius 2 is 1.83 bits per heavy atom. The zero-order valence-corrected chi connectivity index (χ0v) is 14.2. The molecule has 124 valence electrons. The summed E-state index contributed by atoms with van der Waals surface area (Å²) in [5.74, 6) is 2.57. The molecule has 0 radical (unpaired) electrons. The molecule has 1 aromatic carbocycles. The molecule has 0 fully saturated rings. The van der Waals surface area contributed by atoms with Crippen LogP contribution in [0.5, 0.6) is 0 Å². The van der Waals surface area contributed by atoms with E-state index >= 15 is 0 Å². The average molecular weight is 314 g/mol. The van der Waals surface area contributed by atoms with E-state index in [2.05, 4.69) is 29.0 Å². The van der Waals surface area contributed by atoms with Gasteiger partial charge in [0.15, 0.2) is 5.82 Å². The van der Waals surface area contributed by atoms with Crippen LogP contribution in [0.3, 0.4) is 0 Å². The lowest BCUT2D eigenvalue weighted by Crippen LogP contribution is -2.23. The van der Waals surface area contributed by atoms with E-state index < -0.39 is 0 Å². The maximum atomic E-state index is 5.09. The molecule has 0 aliphatic rings. The van der Waals surface area contributed by atoms with Gasteiger partial charge in [-0.05, 0) is 20.3 Å². The van der Waals surface area contributed by atoms with Crippen LogP contribution in [-0.4, -0.2) is 43.3 Å². The third-order valence-electron chi connectivity index (χ3n) is 3.66. The maximum Gasteiger partial charge on any atom is 0.163 e. The van der Waals surface area contributed by atoms with Crippen molar-refractivity contribution < 1.29 is 4.74 Å². The van der Waals surface area contributed by atoms with Crippen molar-refractivity contribution in [3.8, 4) is 11.4 Å². The number of nitrogens with one attached hydrogen (secondary N) is 1. The number of benzene rings is 1. The van der Waals surface area contributed by atoms with Gasteiger partial charge in [0.2, 0.25) is 0 Å². The van der Waals surface area contributed by atoms with E-state index in [0.717, 1.165) is 55.7 Å². The van der Waals surface area contributed by atoms with E-state index in [1.54, 1.807) is 7.11 Å². The summed E-state index contributed by atoms with van der Waals surface area (Å²) < 4.78 is 5.09. The van der Waals surface area contributed by atoms with Crippen LogP contribution in [0.15, 0.2) is 36.4 Å². The number of nitrogens with zero attached hydrogens (tertiary/aromatic N) is 3. The first-order valence-corrected chi connectivity index (χ1v) is 8.20. The highest BCUT2D eigenvalue weighted by molar-refractivity contribution is 5.61. The molecule has 0 amide bonds. The molecule has 2 aromatic rings. The monoisotopic (exact) mass is 314 g/mol. The molecule has 1 heterocycles. The van der Waals surface area contributed by atoms with Crippen molar-refractivity contribution in [1.82, 2.24) is 9.97 Å². The van der Waals surface area contributed by atoms with Crippen molar-refractivity contribution >= 4 is 11.6 Å². The third kappa shape index (κ3) is 4.93. The molecular weight excluding hydrogens is 288 g/mol. The summed E-state index contributed by atoms with van der Waals surface area (Å²) in [7, 11) is 1.72. The standard InChI is InChI=1S/C18H26N4O/c1-4-22(5-2)17-14-16(19-12-9-13-23-3)20-18(21-17)15-10-7-6-8-11-15/h6-8,10-11,14H,4-5,9,12-13H2,1-3H3,(H,19,20,21). The summed E-state index contributed by atoms with van der Waals surface area (Å²) in [6.07, 6.45) is 0.946. The molecule has 0 spiro atoms. The van der Waals surface area contributed by atoms with Gasteiger partial charge < -0.3 is 15.0 Å². The van der Waals surface area contributed by atoms with Crippen LogP contribution < -0.4 is 10.2 Å². The van der Waals surface area contributed by atoms with E-state index in [0.29, 0.717) is 0 Å². The smallest absolute Gasteiger partial charge is 0.163 e. The zero-order chi connectivity index (χ0) is 16.5. The summed E-state index contributed by atoms with van der Waals surface area (Å²) in [6.45, 7) is 7.69. The van der Waals surface area contributed by atoms with Crippen LogP contribution >= 0.6 is 0 Å². The number of rotatable bonds is 9. The molecular formula is C18H26N4O. The minimum Gasteiger partial charge on any atom is -0.385 e. The molecule has 0 unspecified atom stereocenters. The molecule has 0 saturated carbocycles. The third-order valence-corrected chi connectivity index (χ3v) is 3.66. The predicted octanol–water partition coefficient (Wildman–Crippen LogP) is 3.44. The van der Waals surface area contributed by atoms with Crippen LogP contribution in [0.1, 0.15) is 20.3 Å². The van der Waals surface area contributed by atoms with Crippen LogP contribution in [0, 0.1) is 0 Å². The number of aromatic nitrogens is 2. The molecule has 2 rings (SSSR count). The summed E-state index contributed by atoms with van der Waals surface area (Å²) in [6, 6.07) is 12.1. The number of anilines is 2. The minimum absolute atomic E-state index is 0.743. The molecule has 0 bridgehead atoms. The second-order valence-corrected chi connectivity index (χ2v) is 5.25. The fraction of sp³-hybridized carbons (Fsp3) is 0.444. The van der Waals surface area contributed by atoms with Crippen LogP contribution in [0.4, 0.5) is 11.6 Å². The van der Waals surface area contributed by atoms with Gasteiger partial charge in [0.1, 0.15) is 11.6 Å². The van der Waals surface area contributed by atoms with Crippen molar-refractivity contribution in [3.63, 3.8) is 0 Å². The fourth-order valence-electron chi connectivity index (χ4n) is 2.38. The Kier molecular flexibility index (Phi) is 6.81. The Labute approximate surface area is 138 Å². The first-order valence-electron chi connectivity index (χ1n) is 8.20. The van der Waals surface area contributed by atoms with Gasteiger partial charge in [-0.2, -0.15) is 0 Å². The molecule has 23 heavy (non-hydrogen) atoms. The highest BCUT2D eigenvalue weighted by atomic mass is 16.5. The van der Waals surface area contributed by atoms with Gasteiger partial charge in [-0.25, -0.2) is 9.97 Å². The largest absolute Gasteiger partial charge is 0.385 e. The second-order valence-electron chi connectivity index (χ2n) is 5.25. The zero-order valence-electron chi connectivity index (χ0n) is 14.2. The SMILES string of the molecule is CCN(CC)c1cc(NCCCOC)nc(-c2ccccc2)n1. The molecule has 1 aromatic heterocycles. The number of hydrogen-bond acceptors (Lipinski definition) is 5. The summed E-state index contributed by atoms with van der Waals surface area (Å²) in [5, 5.41) is 3.38. The van der Waals surface area contributed by atoms with Gasteiger partial charge >= 0.3 is 0 Å². The van der Waals surface area contributed by atoms with E-state index in [-0.39, 0.29) is 0 Å². The van der Waals surface area contributed by atoms with Gasteiger partial charge in [0.25, 0.3) is 0 Å². The van der Waals surface area contributed by atoms with Gasteiger partial charge in [-0.3, -0.25) is 0 Å². The quantitative estimate of drug-likeness (QED) is 0.719. The molecule has 5 heteroatoms. The highest BCUT2D eigenvalue weighted by Crippen LogP contribution is 2.22. The summed E-state index contributed by atoms with van der Waals surface area (Å²) in [5.41, 5.74) is 1.03. The van der Waals surface area contributed by atoms with Crippen LogP contribution in [0.2, 0.25) is 0 Å². The Hall–Kier alpha value is -2.14. The van der Waals surface area contributed by atoms with Crippen molar-refractivity contribution in [2.24, 2.45) is 0 Å². The van der Waals surface area contributed by atoms with Crippen molar-refractivity contribution in [2.75, 3.05) is 43.6 Å². The molecule has 5 nitrogen and oxygen atoms in total. The van der Waals surface area contributed by atoms with E-state index in [1.165, 1.54) is 0 Å². The molecule has 0 atom stereocenters. The van der Waals surface area contributed by atoms with Crippen LogP contribution in [-0.2, 0) is 4.74 Å². The van der Waals surface area contributed by atoms with Crippen molar-refractivity contribution in [3.05, 3.63) is 36.4 Å². The Morgan fingerprint density at radius 3 is 2.48 bits per heavy atom. The van der Waals surface area contributed by atoms with Gasteiger partial charge in [0, 0.05) is 45.0 Å². The number of ether oxygens (including phenoxy) is 1. The Balaban J connectivity index is 2.28. The number of hydrogen-bond donors (Lipinski definition) is 1. The van der Waals surface area contributed by atoms with Crippen molar-refractivity contribution in [1.29, 1.82) is 0 Å². The molecule has 0 saturated heterocycles. The fourth-order valence-corrected chi connectivity index (χ4v) is 2.38. The average Bonchev–Trinajstić information content (AvgIpc) is 2.60. The van der Waals surface area contributed by atoms with E-state index in [4.69, 9.17) is 9.72 Å². The second kappa shape index (κ2) is 9.10. The topological polar surface area (TPSA) is 50.3 Å².